The van der Waals surface area contributed by atoms with Crippen molar-refractivity contribution in [1.82, 2.24) is 10.6 Å². The van der Waals surface area contributed by atoms with E-state index in [0.717, 1.165) is 16.9 Å². The third-order valence-corrected chi connectivity index (χ3v) is 4.02. The molecule has 0 heterocycles. The van der Waals surface area contributed by atoms with Gasteiger partial charge in [-0.25, -0.2) is 0 Å². The van der Waals surface area contributed by atoms with Crippen molar-refractivity contribution in [1.29, 1.82) is 0 Å². The smallest absolute Gasteiger partial charge is 0.422 e. The summed E-state index contributed by atoms with van der Waals surface area (Å²) < 4.78 is 52.6. The first-order valence-electron chi connectivity index (χ1n) is 9.38. The molecule has 0 saturated heterocycles. The quantitative estimate of drug-likeness (QED) is 0.272. The second-order valence-corrected chi connectivity index (χ2v) is 6.21. The highest BCUT2D eigenvalue weighted by molar-refractivity contribution is 14.0. The normalized spacial score (nSPS) is 11.4. The molecule has 0 aliphatic heterocycles. The summed E-state index contributed by atoms with van der Waals surface area (Å²) in [6.07, 6.45) is -4.41. The Morgan fingerprint density at radius 3 is 2.32 bits per heavy atom. The fourth-order valence-electron chi connectivity index (χ4n) is 2.63. The number of nitrogens with zero attached hydrogens (tertiary/aromatic N) is 1. The van der Waals surface area contributed by atoms with E-state index >= 15 is 0 Å². The average molecular weight is 553 g/mol. The van der Waals surface area contributed by atoms with E-state index in [0.29, 0.717) is 25.7 Å². The van der Waals surface area contributed by atoms with Crippen molar-refractivity contribution >= 4 is 29.9 Å². The van der Waals surface area contributed by atoms with E-state index in [4.69, 9.17) is 14.2 Å². The SMILES string of the molecule is CCOc1ccccc1CNC(=NC)NCc1ccc(OCC(F)(F)F)c(OC)c1.I. The van der Waals surface area contributed by atoms with Crippen LogP contribution in [-0.2, 0) is 13.1 Å². The Balaban J connectivity index is 0.00000480. The molecule has 172 valence electrons. The largest absolute Gasteiger partial charge is 0.494 e. The van der Waals surface area contributed by atoms with E-state index < -0.39 is 12.8 Å². The van der Waals surface area contributed by atoms with Gasteiger partial charge in [-0.05, 0) is 30.7 Å². The Kier molecular flexibility index (Phi) is 11.3. The first kappa shape index (κ1) is 26.7. The highest BCUT2D eigenvalue weighted by Gasteiger charge is 2.29. The molecule has 2 aromatic carbocycles. The summed E-state index contributed by atoms with van der Waals surface area (Å²) in [5.41, 5.74) is 1.79. The summed E-state index contributed by atoms with van der Waals surface area (Å²) in [4.78, 5) is 4.18. The molecule has 0 amide bonds. The molecule has 0 spiro atoms. The summed E-state index contributed by atoms with van der Waals surface area (Å²) in [5, 5.41) is 6.37. The van der Waals surface area contributed by atoms with Crippen LogP contribution in [0.3, 0.4) is 0 Å². The molecule has 2 rings (SSSR count). The number of hydrogen-bond acceptors (Lipinski definition) is 4. The predicted octanol–water partition coefficient (Wildman–Crippen LogP) is 4.52. The zero-order valence-electron chi connectivity index (χ0n) is 17.6. The van der Waals surface area contributed by atoms with Crippen molar-refractivity contribution in [3.63, 3.8) is 0 Å². The highest BCUT2D eigenvalue weighted by atomic mass is 127. The average Bonchev–Trinajstić information content (AvgIpc) is 2.73. The maximum atomic E-state index is 12.4. The van der Waals surface area contributed by atoms with Gasteiger partial charge >= 0.3 is 6.18 Å². The second kappa shape index (κ2) is 13.1. The Hall–Kier alpha value is -2.37. The van der Waals surface area contributed by atoms with Crippen LogP contribution in [0, 0.1) is 0 Å². The van der Waals surface area contributed by atoms with Gasteiger partial charge in [0.1, 0.15) is 5.75 Å². The number of ether oxygens (including phenoxy) is 3. The molecule has 6 nitrogen and oxygen atoms in total. The molecule has 31 heavy (non-hydrogen) atoms. The molecule has 2 aromatic rings. The van der Waals surface area contributed by atoms with Crippen molar-refractivity contribution < 1.29 is 27.4 Å². The van der Waals surface area contributed by atoms with E-state index in [-0.39, 0.29) is 35.5 Å². The van der Waals surface area contributed by atoms with Crippen LogP contribution in [0.1, 0.15) is 18.1 Å². The summed E-state index contributed by atoms with van der Waals surface area (Å²) >= 11 is 0. The zero-order valence-corrected chi connectivity index (χ0v) is 19.9. The summed E-state index contributed by atoms with van der Waals surface area (Å²) in [6.45, 7) is 2.04. The number of methoxy groups -OCH3 is 1. The molecule has 0 fully saturated rings. The van der Waals surface area contributed by atoms with Crippen LogP contribution in [0.25, 0.3) is 0 Å². The number of guanidine groups is 1. The number of nitrogens with one attached hydrogen (secondary N) is 2. The zero-order chi connectivity index (χ0) is 22.0. The Morgan fingerprint density at radius 2 is 1.68 bits per heavy atom. The van der Waals surface area contributed by atoms with E-state index in [1.165, 1.54) is 13.2 Å². The monoisotopic (exact) mass is 553 g/mol. The van der Waals surface area contributed by atoms with Gasteiger partial charge in [0.05, 0.1) is 13.7 Å². The van der Waals surface area contributed by atoms with Crippen LogP contribution >= 0.6 is 24.0 Å². The maximum Gasteiger partial charge on any atom is 0.422 e. The van der Waals surface area contributed by atoms with Crippen molar-refractivity contribution in [2.24, 2.45) is 4.99 Å². The lowest BCUT2D eigenvalue weighted by Crippen LogP contribution is -2.36. The summed E-state index contributed by atoms with van der Waals surface area (Å²) in [6, 6.07) is 12.5. The first-order valence-corrected chi connectivity index (χ1v) is 9.38. The molecule has 0 atom stereocenters. The highest BCUT2D eigenvalue weighted by Crippen LogP contribution is 2.29. The van der Waals surface area contributed by atoms with Gasteiger partial charge in [-0.3, -0.25) is 4.99 Å². The minimum absolute atomic E-state index is 0. The molecule has 0 bridgehead atoms. The van der Waals surface area contributed by atoms with E-state index in [1.54, 1.807) is 19.2 Å². The minimum Gasteiger partial charge on any atom is -0.494 e. The fraction of sp³-hybridized carbons (Fsp3) is 0.381. The number of aliphatic imine (C=N–C) groups is 1. The number of para-hydroxylation sites is 1. The van der Waals surface area contributed by atoms with Gasteiger partial charge in [0, 0.05) is 25.7 Å². The standard InChI is InChI=1S/C21H26F3N3O3.HI/c1-4-29-17-8-6-5-7-16(17)13-27-20(25-2)26-12-15-9-10-18(19(11-15)28-3)30-14-21(22,23)24;/h5-11H,4,12-14H2,1-3H3,(H2,25,26,27);1H. The van der Waals surface area contributed by atoms with Gasteiger partial charge in [-0.15, -0.1) is 24.0 Å². The van der Waals surface area contributed by atoms with Gasteiger partial charge in [0.25, 0.3) is 0 Å². The lowest BCUT2D eigenvalue weighted by atomic mass is 10.2. The molecular formula is C21H27F3IN3O3. The topological polar surface area (TPSA) is 64.1 Å². The van der Waals surface area contributed by atoms with Crippen LogP contribution in [0.15, 0.2) is 47.5 Å². The molecule has 0 unspecified atom stereocenters. The van der Waals surface area contributed by atoms with Gasteiger partial charge < -0.3 is 24.8 Å². The first-order chi connectivity index (χ1) is 14.4. The lowest BCUT2D eigenvalue weighted by molar-refractivity contribution is -0.153. The number of hydrogen-bond donors (Lipinski definition) is 2. The van der Waals surface area contributed by atoms with E-state index in [1.807, 2.05) is 31.2 Å². The minimum atomic E-state index is -4.41. The van der Waals surface area contributed by atoms with Gasteiger partial charge in [0.2, 0.25) is 0 Å². The van der Waals surface area contributed by atoms with Crippen molar-refractivity contribution in [3.05, 3.63) is 53.6 Å². The molecule has 0 aliphatic rings. The lowest BCUT2D eigenvalue weighted by Gasteiger charge is -2.16. The number of alkyl halides is 3. The molecule has 0 radical (unpaired) electrons. The van der Waals surface area contributed by atoms with E-state index in [2.05, 4.69) is 15.6 Å². The van der Waals surface area contributed by atoms with E-state index in [9.17, 15) is 13.2 Å². The third kappa shape index (κ3) is 9.11. The predicted molar refractivity (Wildman–Crippen MR) is 125 cm³/mol. The van der Waals surface area contributed by atoms with Crippen LogP contribution < -0.4 is 24.8 Å². The second-order valence-electron chi connectivity index (χ2n) is 6.21. The molecule has 0 aliphatic carbocycles. The van der Waals surface area contributed by atoms with Crippen LogP contribution in [0.2, 0.25) is 0 Å². The number of rotatable bonds is 9. The third-order valence-electron chi connectivity index (χ3n) is 4.02. The van der Waals surface area contributed by atoms with Crippen molar-refractivity contribution in [3.8, 4) is 17.2 Å². The summed E-state index contributed by atoms with van der Waals surface area (Å²) in [7, 11) is 3.03. The Bertz CT molecular complexity index is 848. The van der Waals surface area contributed by atoms with Crippen molar-refractivity contribution in [2.45, 2.75) is 26.2 Å². The molecule has 10 heteroatoms. The maximum absolute atomic E-state index is 12.4. The molecule has 0 saturated carbocycles. The Labute approximate surface area is 197 Å². The molecule has 2 N–H and O–H groups in total. The number of halogens is 4. The molecule has 0 aromatic heterocycles. The summed E-state index contributed by atoms with van der Waals surface area (Å²) in [5.74, 6) is 1.64. The van der Waals surface area contributed by atoms with Crippen LogP contribution in [-0.4, -0.2) is 39.5 Å². The van der Waals surface area contributed by atoms with Gasteiger partial charge in [-0.1, -0.05) is 24.3 Å². The van der Waals surface area contributed by atoms with Gasteiger partial charge in [0.15, 0.2) is 24.1 Å². The Morgan fingerprint density at radius 1 is 0.968 bits per heavy atom. The fourth-order valence-corrected chi connectivity index (χ4v) is 2.63. The van der Waals surface area contributed by atoms with Gasteiger partial charge in [-0.2, -0.15) is 13.2 Å². The number of benzene rings is 2. The molecular weight excluding hydrogens is 526 g/mol. The van der Waals surface area contributed by atoms with Crippen LogP contribution in [0.4, 0.5) is 13.2 Å². The van der Waals surface area contributed by atoms with Crippen LogP contribution in [0.5, 0.6) is 17.2 Å². The van der Waals surface area contributed by atoms with Crippen molar-refractivity contribution in [2.75, 3.05) is 27.4 Å².